The zero-order valence-electron chi connectivity index (χ0n) is 21.4. The summed E-state index contributed by atoms with van der Waals surface area (Å²) in [6.07, 6.45) is 13.0. The topological polar surface area (TPSA) is 102 Å². The highest BCUT2D eigenvalue weighted by molar-refractivity contribution is 7.47. The number of carboxylic acid groups (broad SMARTS) is 1. The van der Waals surface area contributed by atoms with Gasteiger partial charge < -0.3 is 19.2 Å². The third-order valence-corrected chi connectivity index (χ3v) is 6.20. The molecule has 9 heteroatoms. The predicted octanol–water partition coefficient (Wildman–Crippen LogP) is 5.90. The van der Waals surface area contributed by atoms with Crippen LogP contribution in [0, 0.1) is 0 Å². The molecular formula is C24H49NO7P+. The van der Waals surface area contributed by atoms with Crippen LogP contribution in [0.2, 0.25) is 0 Å². The van der Waals surface area contributed by atoms with Crippen LogP contribution in [-0.4, -0.2) is 67.1 Å². The quantitative estimate of drug-likeness (QED) is 0.0599. The first-order valence-corrected chi connectivity index (χ1v) is 13.9. The number of carbonyl (C=O) groups is 1. The van der Waals surface area contributed by atoms with E-state index in [9.17, 15) is 14.3 Å². The normalized spacial score (nSPS) is 15.7. The van der Waals surface area contributed by atoms with Crippen molar-refractivity contribution in [3.8, 4) is 0 Å². The lowest BCUT2D eigenvalue weighted by Gasteiger charge is -2.30. The largest absolute Gasteiger partial charge is 0.481 e. The second-order valence-electron chi connectivity index (χ2n) is 9.75. The van der Waals surface area contributed by atoms with E-state index in [-0.39, 0.29) is 19.6 Å². The molecule has 0 fully saturated rings. The SMILES string of the molecule is C=CCOC(CCCCCCCCCCCCC)OP(=O)(O)OC(CC(=O)O)C[N+](C)(C)C. The summed E-state index contributed by atoms with van der Waals surface area (Å²) in [5.41, 5.74) is 0. The molecule has 0 spiro atoms. The van der Waals surface area contributed by atoms with Crippen LogP contribution in [0.1, 0.15) is 90.4 Å². The Kier molecular flexibility index (Phi) is 18.1. The number of rotatable bonds is 23. The Morgan fingerprint density at radius 1 is 0.970 bits per heavy atom. The highest BCUT2D eigenvalue weighted by Crippen LogP contribution is 2.47. The van der Waals surface area contributed by atoms with E-state index in [2.05, 4.69) is 13.5 Å². The molecule has 8 nitrogen and oxygen atoms in total. The van der Waals surface area contributed by atoms with Crippen molar-refractivity contribution >= 4 is 13.8 Å². The van der Waals surface area contributed by atoms with Gasteiger partial charge in [0.1, 0.15) is 12.6 Å². The zero-order chi connectivity index (χ0) is 25.2. The van der Waals surface area contributed by atoms with Gasteiger partial charge in [0.15, 0.2) is 6.29 Å². The number of unbranched alkanes of at least 4 members (excludes halogenated alkanes) is 10. The van der Waals surface area contributed by atoms with E-state index < -0.39 is 26.2 Å². The van der Waals surface area contributed by atoms with E-state index in [0.29, 0.717) is 10.9 Å². The number of carboxylic acids is 1. The molecule has 3 unspecified atom stereocenters. The fraction of sp³-hybridized carbons (Fsp3) is 0.875. The van der Waals surface area contributed by atoms with Gasteiger partial charge in [-0.1, -0.05) is 77.2 Å². The summed E-state index contributed by atoms with van der Waals surface area (Å²) in [6.45, 7) is 6.26. The molecule has 0 saturated carbocycles. The molecule has 0 radical (unpaired) electrons. The van der Waals surface area contributed by atoms with E-state index >= 15 is 0 Å². The van der Waals surface area contributed by atoms with Gasteiger partial charge >= 0.3 is 13.8 Å². The molecule has 0 heterocycles. The second-order valence-corrected chi connectivity index (χ2v) is 11.1. The number of quaternary nitrogens is 1. The minimum absolute atomic E-state index is 0.181. The van der Waals surface area contributed by atoms with Gasteiger partial charge in [-0.3, -0.25) is 13.8 Å². The van der Waals surface area contributed by atoms with Gasteiger partial charge in [-0.2, -0.15) is 0 Å². The summed E-state index contributed by atoms with van der Waals surface area (Å²) >= 11 is 0. The Bertz CT molecular complexity index is 566. The Morgan fingerprint density at radius 2 is 1.48 bits per heavy atom. The van der Waals surface area contributed by atoms with Gasteiger partial charge in [0.05, 0.1) is 34.2 Å². The molecule has 0 saturated heterocycles. The number of phosphoric ester groups is 1. The molecule has 196 valence electrons. The van der Waals surface area contributed by atoms with Crippen molar-refractivity contribution in [1.82, 2.24) is 0 Å². The molecular weight excluding hydrogens is 445 g/mol. The van der Waals surface area contributed by atoms with Gasteiger partial charge in [0.2, 0.25) is 0 Å². The number of aliphatic carboxylic acids is 1. The molecule has 0 aromatic heterocycles. The van der Waals surface area contributed by atoms with Crippen molar-refractivity contribution in [3.63, 3.8) is 0 Å². The van der Waals surface area contributed by atoms with Crippen LogP contribution < -0.4 is 0 Å². The fourth-order valence-corrected chi connectivity index (χ4v) is 4.65. The average Bonchev–Trinajstić information content (AvgIpc) is 2.67. The first-order valence-electron chi connectivity index (χ1n) is 12.4. The number of hydrogen-bond donors (Lipinski definition) is 2. The smallest absolute Gasteiger partial charge is 0.475 e. The van der Waals surface area contributed by atoms with Crippen molar-refractivity contribution in [2.24, 2.45) is 0 Å². The van der Waals surface area contributed by atoms with E-state index in [1.165, 1.54) is 51.4 Å². The summed E-state index contributed by atoms with van der Waals surface area (Å²) < 4.78 is 29.0. The number of nitrogens with zero attached hydrogens (tertiary/aromatic N) is 1. The minimum atomic E-state index is -4.50. The van der Waals surface area contributed by atoms with E-state index in [1.807, 2.05) is 21.1 Å². The van der Waals surface area contributed by atoms with E-state index in [1.54, 1.807) is 6.08 Å². The lowest BCUT2D eigenvalue weighted by atomic mass is 10.1. The van der Waals surface area contributed by atoms with Crippen molar-refractivity contribution in [1.29, 1.82) is 0 Å². The Hall–Kier alpha value is -0.760. The molecule has 0 aliphatic rings. The molecule has 0 aromatic rings. The van der Waals surface area contributed by atoms with Gasteiger partial charge in [0.25, 0.3) is 0 Å². The summed E-state index contributed by atoms with van der Waals surface area (Å²) in [7, 11) is 1.05. The molecule has 0 rings (SSSR count). The maximum Gasteiger partial charge on any atom is 0.475 e. The Balaban J connectivity index is 4.44. The third kappa shape index (κ3) is 21.5. The number of phosphoric acid groups is 1. The van der Waals surface area contributed by atoms with Crippen LogP contribution in [0.4, 0.5) is 0 Å². The van der Waals surface area contributed by atoms with Crippen molar-refractivity contribution in [2.45, 2.75) is 103 Å². The first-order chi connectivity index (χ1) is 15.5. The lowest BCUT2D eigenvalue weighted by Crippen LogP contribution is -2.43. The second kappa shape index (κ2) is 18.6. The molecule has 33 heavy (non-hydrogen) atoms. The predicted molar refractivity (Wildman–Crippen MR) is 132 cm³/mol. The number of ether oxygens (including phenoxy) is 1. The molecule has 0 aliphatic carbocycles. The molecule has 0 amide bonds. The average molecular weight is 495 g/mol. The summed E-state index contributed by atoms with van der Waals surface area (Å²) in [6, 6.07) is 0. The summed E-state index contributed by atoms with van der Waals surface area (Å²) in [4.78, 5) is 21.4. The van der Waals surface area contributed by atoms with Gasteiger partial charge in [-0.25, -0.2) is 4.57 Å². The summed E-state index contributed by atoms with van der Waals surface area (Å²) in [5.74, 6) is -1.10. The van der Waals surface area contributed by atoms with Crippen LogP contribution >= 0.6 is 7.82 Å². The van der Waals surface area contributed by atoms with Crippen molar-refractivity contribution < 1.29 is 37.6 Å². The van der Waals surface area contributed by atoms with E-state index in [0.717, 1.165) is 19.3 Å². The van der Waals surface area contributed by atoms with Crippen molar-refractivity contribution in [3.05, 3.63) is 12.7 Å². The Morgan fingerprint density at radius 3 is 1.94 bits per heavy atom. The zero-order valence-corrected chi connectivity index (χ0v) is 22.3. The standard InChI is InChI=1S/C24H48NO7P/c1-6-8-9-10-11-12-13-14-15-16-17-18-24(30-19-7-2)32-33(28,29)31-22(20-23(26)27)21-25(3,4)5/h7,22,24H,2,6,8-21H2,1,3-5H3,(H-,26,27,28,29)/p+1. The Labute approximate surface area is 201 Å². The minimum Gasteiger partial charge on any atom is -0.481 e. The number of hydrogen-bond acceptors (Lipinski definition) is 5. The third-order valence-electron chi connectivity index (χ3n) is 5.13. The van der Waals surface area contributed by atoms with Gasteiger partial charge in [-0.05, 0) is 12.8 Å². The van der Waals surface area contributed by atoms with Crippen molar-refractivity contribution in [2.75, 3.05) is 34.3 Å². The first kappa shape index (κ1) is 32.2. The van der Waals surface area contributed by atoms with Crippen LogP contribution in [0.5, 0.6) is 0 Å². The molecule has 0 bridgehead atoms. The maximum absolute atomic E-state index is 12.6. The molecule has 2 N–H and O–H groups in total. The summed E-state index contributed by atoms with van der Waals surface area (Å²) in [5, 5.41) is 9.11. The highest BCUT2D eigenvalue weighted by Gasteiger charge is 2.34. The fourth-order valence-electron chi connectivity index (χ4n) is 3.62. The highest BCUT2D eigenvalue weighted by atomic mass is 31.2. The van der Waals surface area contributed by atoms with Crippen LogP contribution in [0.25, 0.3) is 0 Å². The molecule has 0 aromatic carbocycles. The van der Waals surface area contributed by atoms with Crippen LogP contribution in [0.3, 0.4) is 0 Å². The monoisotopic (exact) mass is 494 g/mol. The molecule has 3 atom stereocenters. The lowest BCUT2D eigenvalue weighted by molar-refractivity contribution is -0.873. The van der Waals surface area contributed by atoms with Gasteiger partial charge in [-0.15, -0.1) is 6.58 Å². The maximum atomic E-state index is 12.6. The molecule has 0 aliphatic heterocycles. The van der Waals surface area contributed by atoms with E-state index in [4.69, 9.17) is 18.9 Å². The van der Waals surface area contributed by atoms with Gasteiger partial charge in [0, 0.05) is 0 Å². The number of likely N-dealkylation sites (N-methyl/N-ethyl adjacent to an activating group) is 1. The van der Waals surface area contributed by atoms with Crippen LogP contribution in [-0.2, 0) is 23.1 Å². The van der Waals surface area contributed by atoms with Crippen LogP contribution in [0.15, 0.2) is 12.7 Å².